The molecule has 1 aliphatic rings. The second kappa shape index (κ2) is 9.75. The highest BCUT2D eigenvalue weighted by Crippen LogP contribution is 2.34. The maximum atomic E-state index is 5.90. The summed E-state index contributed by atoms with van der Waals surface area (Å²) in [6, 6.07) is 9.11. The minimum atomic E-state index is -0.0166. The van der Waals surface area contributed by atoms with Gasteiger partial charge in [-0.25, -0.2) is 9.97 Å². The van der Waals surface area contributed by atoms with Gasteiger partial charge in [0.2, 0.25) is 5.89 Å². The highest BCUT2D eigenvalue weighted by Gasteiger charge is 2.26. The number of hydrogen-bond donors (Lipinski definition) is 2. The molecule has 2 unspecified atom stereocenters. The molecule has 2 aromatic heterocycles. The van der Waals surface area contributed by atoms with Crippen LogP contribution in [0.5, 0.6) is 0 Å². The highest BCUT2D eigenvalue weighted by atomic mass is 32.2. The molecule has 0 amide bonds. The summed E-state index contributed by atoms with van der Waals surface area (Å²) in [7, 11) is 2.18. The molecule has 172 valence electrons. The van der Waals surface area contributed by atoms with Crippen molar-refractivity contribution in [3.05, 3.63) is 48.3 Å². The van der Waals surface area contributed by atoms with E-state index in [-0.39, 0.29) is 5.41 Å². The molecule has 32 heavy (non-hydrogen) atoms. The van der Waals surface area contributed by atoms with Gasteiger partial charge < -0.3 is 20.4 Å². The smallest absolute Gasteiger partial charge is 0.204 e. The van der Waals surface area contributed by atoms with Crippen molar-refractivity contribution in [2.75, 3.05) is 23.0 Å². The number of nitrogens with two attached hydrogens (primary N) is 1. The third-order valence-corrected chi connectivity index (χ3v) is 8.05. The van der Waals surface area contributed by atoms with Gasteiger partial charge in [-0.1, -0.05) is 32.1 Å². The van der Waals surface area contributed by atoms with Gasteiger partial charge in [-0.2, -0.15) is 0 Å². The number of rotatable bonds is 7. The zero-order valence-corrected chi connectivity index (χ0v) is 20.9. The molecule has 1 saturated carbocycles. The number of benzene rings is 1. The minimum Gasteiger partial charge on any atom is -0.444 e. The fourth-order valence-electron chi connectivity index (χ4n) is 3.99. The molecule has 2 atom stereocenters. The van der Waals surface area contributed by atoms with Crippen LogP contribution < -0.4 is 16.0 Å². The van der Waals surface area contributed by atoms with E-state index >= 15 is 0 Å². The maximum Gasteiger partial charge on any atom is 0.204 e. The topological polar surface area (TPSA) is 80.2 Å². The van der Waals surface area contributed by atoms with E-state index in [2.05, 4.69) is 60.1 Å². The van der Waals surface area contributed by atoms with Crippen molar-refractivity contribution < 1.29 is 4.42 Å². The van der Waals surface area contributed by atoms with Crippen molar-refractivity contribution in [1.82, 2.24) is 9.97 Å². The van der Waals surface area contributed by atoms with Gasteiger partial charge in [0.1, 0.15) is 5.76 Å². The minimum absolute atomic E-state index is 0.0166. The summed E-state index contributed by atoms with van der Waals surface area (Å²) in [6.07, 6.45) is 8.51. The molecule has 2 heterocycles. The lowest BCUT2D eigenvalue weighted by Gasteiger charge is -2.37. The van der Waals surface area contributed by atoms with Gasteiger partial charge in [0, 0.05) is 35.9 Å². The summed E-state index contributed by atoms with van der Waals surface area (Å²) in [5.74, 6) is 2.41. The van der Waals surface area contributed by atoms with Gasteiger partial charge >= 0.3 is 0 Å². The number of hydrogen-bond acceptors (Lipinski definition) is 8. The average Bonchev–Trinajstić information content (AvgIpc) is 3.42. The molecule has 0 radical (unpaired) electrons. The molecule has 3 aromatic rings. The van der Waals surface area contributed by atoms with E-state index in [0.717, 1.165) is 34.6 Å². The van der Waals surface area contributed by atoms with Crippen molar-refractivity contribution in [1.29, 1.82) is 0 Å². The summed E-state index contributed by atoms with van der Waals surface area (Å²) < 4.78 is 7.08. The van der Waals surface area contributed by atoms with Gasteiger partial charge in [0.05, 0.1) is 22.4 Å². The lowest BCUT2D eigenvalue weighted by Crippen LogP contribution is -2.40. The number of nitrogen functional groups attached to an aromatic ring is 1. The Morgan fingerprint density at radius 2 is 1.97 bits per heavy atom. The Labute approximate surface area is 199 Å². The zero-order valence-electron chi connectivity index (χ0n) is 19.3. The summed E-state index contributed by atoms with van der Waals surface area (Å²) in [4.78, 5) is 11.4. The summed E-state index contributed by atoms with van der Waals surface area (Å²) >= 11 is 3.44. The molecule has 1 aromatic carbocycles. The van der Waals surface area contributed by atoms with Gasteiger partial charge in [0.25, 0.3) is 0 Å². The number of thioether (sulfide) groups is 1. The van der Waals surface area contributed by atoms with Crippen molar-refractivity contribution in [3.63, 3.8) is 0 Å². The van der Waals surface area contributed by atoms with E-state index in [0.29, 0.717) is 12.1 Å². The number of thiazole rings is 1. The van der Waals surface area contributed by atoms with Crippen LogP contribution in [-0.2, 0) is 11.2 Å². The largest absolute Gasteiger partial charge is 0.444 e. The quantitative estimate of drug-likeness (QED) is 0.315. The van der Waals surface area contributed by atoms with Crippen molar-refractivity contribution in [2.45, 2.75) is 73.9 Å². The van der Waals surface area contributed by atoms with Crippen LogP contribution in [0.4, 0.5) is 16.5 Å². The zero-order chi connectivity index (χ0) is 22.7. The lowest BCUT2D eigenvalue weighted by molar-refractivity contribution is 0.391. The van der Waals surface area contributed by atoms with Crippen LogP contribution in [0.15, 0.2) is 45.3 Å². The first-order valence-corrected chi connectivity index (χ1v) is 13.0. The third-order valence-electron chi connectivity index (χ3n) is 5.94. The fraction of sp³-hybridized carbons (Fsp3) is 0.500. The molecular weight excluding hydrogens is 438 g/mol. The summed E-state index contributed by atoms with van der Waals surface area (Å²) in [5.41, 5.74) is 7.85. The van der Waals surface area contributed by atoms with Crippen molar-refractivity contribution in [3.8, 4) is 0 Å². The standard InChI is InChI=1S/C24H33N5OS2/c1-24(2,3)20-13-26-21(30-20)15-31-22-14-27-23(32-22)28-17-6-5-7-19(12-17)29(4)18-10-8-16(25)9-11-18/h8-11,13-14,17,19H,5-7,12,15,25H2,1-4H3,(H,27,28). The van der Waals surface area contributed by atoms with Gasteiger partial charge in [0.15, 0.2) is 5.13 Å². The predicted octanol–water partition coefficient (Wildman–Crippen LogP) is 6.16. The van der Waals surface area contributed by atoms with Gasteiger partial charge in [-0.3, -0.25) is 0 Å². The third kappa shape index (κ3) is 5.78. The number of aromatic nitrogens is 2. The SMILES string of the molecule is CN(c1ccc(N)cc1)C1CCCC(Nc2ncc(SCc3ncc(C(C)(C)C)o3)s2)C1. The molecule has 1 aliphatic carbocycles. The van der Waals surface area contributed by atoms with E-state index in [4.69, 9.17) is 10.2 Å². The number of oxazole rings is 1. The first-order chi connectivity index (χ1) is 15.3. The van der Waals surface area contributed by atoms with E-state index in [9.17, 15) is 0 Å². The molecule has 0 bridgehead atoms. The number of anilines is 3. The maximum absolute atomic E-state index is 5.90. The van der Waals surface area contributed by atoms with E-state index in [1.165, 1.54) is 29.2 Å². The molecule has 0 spiro atoms. The van der Waals surface area contributed by atoms with Crippen LogP contribution in [0.2, 0.25) is 0 Å². The van der Waals surface area contributed by atoms with E-state index < -0.39 is 0 Å². The Morgan fingerprint density at radius 3 is 2.69 bits per heavy atom. The summed E-state index contributed by atoms with van der Waals surface area (Å²) in [6.45, 7) is 6.40. The van der Waals surface area contributed by atoms with Crippen LogP contribution in [0.1, 0.15) is 58.1 Å². The molecule has 0 aliphatic heterocycles. The second-order valence-electron chi connectivity index (χ2n) is 9.51. The predicted molar refractivity (Wildman–Crippen MR) is 136 cm³/mol. The second-order valence-corrected chi connectivity index (χ2v) is 11.8. The molecule has 4 rings (SSSR count). The van der Waals surface area contributed by atoms with Gasteiger partial charge in [-0.05, 0) is 49.9 Å². The van der Waals surface area contributed by atoms with Crippen LogP contribution in [0.3, 0.4) is 0 Å². The molecule has 1 fully saturated rings. The molecular formula is C24H33N5OS2. The highest BCUT2D eigenvalue weighted by molar-refractivity contribution is 8.00. The normalized spacial score (nSPS) is 19.1. The van der Waals surface area contributed by atoms with Crippen molar-refractivity contribution in [2.24, 2.45) is 0 Å². The van der Waals surface area contributed by atoms with E-state index in [1.54, 1.807) is 23.1 Å². The first-order valence-electron chi connectivity index (χ1n) is 11.2. The molecule has 6 nitrogen and oxygen atoms in total. The Hall–Kier alpha value is -2.19. The van der Waals surface area contributed by atoms with Crippen LogP contribution in [0, 0.1) is 0 Å². The first kappa shape index (κ1) is 23.0. The average molecular weight is 472 g/mol. The fourth-order valence-corrected chi connectivity index (χ4v) is 5.79. The van der Waals surface area contributed by atoms with Crippen LogP contribution in [0.25, 0.3) is 0 Å². The van der Waals surface area contributed by atoms with Crippen LogP contribution in [-0.4, -0.2) is 29.1 Å². The van der Waals surface area contributed by atoms with Crippen LogP contribution >= 0.6 is 23.1 Å². The molecule has 0 saturated heterocycles. The molecule has 3 N–H and O–H groups in total. The van der Waals surface area contributed by atoms with Gasteiger partial charge in [-0.15, -0.1) is 11.8 Å². The molecule has 8 heteroatoms. The monoisotopic (exact) mass is 471 g/mol. The lowest BCUT2D eigenvalue weighted by atomic mass is 9.90. The summed E-state index contributed by atoms with van der Waals surface area (Å²) in [5, 5.41) is 4.67. The Balaban J connectivity index is 1.30. The Bertz CT molecular complexity index is 1010. The Kier molecular flexibility index (Phi) is 7.00. The number of nitrogens with one attached hydrogen (secondary N) is 1. The van der Waals surface area contributed by atoms with E-state index in [1.807, 2.05) is 24.5 Å². The Morgan fingerprint density at radius 1 is 1.19 bits per heavy atom. The number of nitrogens with zero attached hydrogens (tertiary/aromatic N) is 3. The van der Waals surface area contributed by atoms with Crippen molar-refractivity contribution >= 4 is 39.6 Å².